The molecular weight excluding hydrogens is 172 g/mol. The summed E-state index contributed by atoms with van der Waals surface area (Å²) < 4.78 is 0. The minimum absolute atomic E-state index is 0.456. The number of hydrogen-bond donors (Lipinski definition) is 0. The average molecular weight is 181 g/mol. The summed E-state index contributed by atoms with van der Waals surface area (Å²) in [7, 11) is 0. The lowest BCUT2D eigenvalue weighted by atomic mass is 10.1. The summed E-state index contributed by atoms with van der Waals surface area (Å²) in [6.07, 6.45) is 3.41. The van der Waals surface area contributed by atoms with Crippen molar-refractivity contribution in [2.75, 3.05) is 0 Å². The van der Waals surface area contributed by atoms with Crippen LogP contribution in [-0.2, 0) is 6.42 Å². The van der Waals surface area contributed by atoms with Crippen LogP contribution in [0.4, 0.5) is 0 Å². The highest BCUT2D eigenvalue weighted by molar-refractivity contribution is 6.29. The van der Waals surface area contributed by atoms with E-state index in [-0.39, 0.29) is 0 Å². The summed E-state index contributed by atoms with van der Waals surface area (Å²) in [5.74, 6) is 0. The number of rotatable bonds is 2. The molecule has 0 fully saturated rings. The van der Waals surface area contributed by atoms with E-state index in [0.29, 0.717) is 10.7 Å². The second-order valence-corrected chi connectivity index (χ2v) is 2.91. The zero-order valence-corrected chi connectivity index (χ0v) is 7.60. The Balaban J connectivity index is 3.06. The van der Waals surface area contributed by atoms with Gasteiger partial charge in [-0.05, 0) is 18.1 Å². The van der Waals surface area contributed by atoms with Gasteiger partial charge in [0.2, 0.25) is 0 Å². The van der Waals surface area contributed by atoms with Crippen molar-refractivity contribution in [3.8, 4) is 6.07 Å². The second kappa shape index (κ2) is 4.08. The molecule has 0 saturated heterocycles. The molecule has 0 aliphatic rings. The van der Waals surface area contributed by atoms with Gasteiger partial charge in [-0.2, -0.15) is 5.26 Å². The normalized spacial score (nSPS) is 9.42. The van der Waals surface area contributed by atoms with Crippen molar-refractivity contribution in [1.29, 1.82) is 5.26 Å². The molecule has 0 N–H and O–H groups in total. The zero-order chi connectivity index (χ0) is 8.97. The predicted octanol–water partition coefficient (Wildman–Crippen LogP) is 2.56. The van der Waals surface area contributed by atoms with E-state index in [4.69, 9.17) is 16.9 Å². The maximum absolute atomic E-state index is 8.70. The van der Waals surface area contributed by atoms with Gasteiger partial charge in [-0.1, -0.05) is 24.9 Å². The molecule has 0 bridgehead atoms. The molecule has 3 heteroatoms. The second-order valence-electron chi connectivity index (χ2n) is 2.53. The van der Waals surface area contributed by atoms with Crippen LogP contribution in [0.2, 0.25) is 5.15 Å². The number of nitrogens with zero attached hydrogens (tertiary/aromatic N) is 2. The molecule has 0 aliphatic carbocycles. The first-order valence-electron chi connectivity index (χ1n) is 3.82. The van der Waals surface area contributed by atoms with Gasteiger partial charge in [0.25, 0.3) is 0 Å². The average Bonchev–Trinajstić information content (AvgIpc) is 2.05. The minimum Gasteiger partial charge on any atom is -0.243 e. The lowest BCUT2D eigenvalue weighted by Gasteiger charge is -2.00. The topological polar surface area (TPSA) is 36.7 Å². The van der Waals surface area contributed by atoms with Gasteiger partial charge >= 0.3 is 0 Å². The van der Waals surface area contributed by atoms with Crippen LogP contribution in [-0.4, -0.2) is 4.98 Å². The Morgan fingerprint density at radius 3 is 3.00 bits per heavy atom. The van der Waals surface area contributed by atoms with E-state index >= 15 is 0 Å². The highest BCUT2D eigenvalue weighted by atomic mass is 35.5. The van der Waals surface area contributed by atoms with Crippen molar-refractivity contribution in [3.05, 3.63) is 28.5 Å². The Labute approximate surface area is 76.8 Å². The van der Waals surface area contributed by atoms with E-state index in [9.17, 15) is 0 Å². The Bertz CT molecular complexity index is 315. The number of aryl methyl sites for hydroxylation is 1. The van der Waals surface area contributed by atoms with E-state index in [1.165, 1.54) is 6.20 Å². The Kier molecular flexibility index (Phi) is 3.07. The fourth-order valence-electron chi connectivity index (χ4n) is 1.04. The molecule has 0 atom stereocenters. The van der Waals surface area contributed by atoms with Crippen molar-refractivity contribution in [3.63, 3.8) is 0 Å². The van der Waals surface area contributed by atoms with E-state index in [2.05, 4.69) is 18.0 Å². The van der Waals surface area contributed by atoms with Crippen LogP contribution in [0.3, 0.4) is 0 Å². The molecule has 0 aliphatic heterocycles. The molecule has 0 amide bonds. The van der Waals surface area contributed by atoms with Crippen LogP contribution in [0, 0.1) is 11.3 Å². The monoisotopic (exact) mass is 180 g/mol. The van der Waals surface area contributed by atoms with Gasteiger partial charge in [0.1, 0.15) is 11.2 Å². The van der Waals surface area contributed by atoms with E-state index < -0.39 is 0 Å². The van der Waals surface area contributed by atoms with Crippen molar-refractivity contribution in [2.45, 2.75) is 19.8 Å². The minimum atomic E-state index is 0.456. The smallest absolute Gasteiger partial charge is 0.129 e. The highest BCUT2D eigenvalue weighted by Gasteiger charge is 2.01. The zero-order valence-electron chi connectivity index (χ0n) is 6.84. The van der Waals surface area contributed by atoms with Gasteiger partial charge in [-0.25, -0.2) is 4.98 Å². The Morgan fingerprint density at radius 2 is 2.42 bits per heavy atom. The van der Waals surface area contributed by atoms with Crippen molar-refractivity contribution in [2.24, 2.45) is 0 Å². The third kappa shape index (κ3) is 1.96. The fourth-order valence-corrected chi connectivity index (χ4v) is 1.23. The summed E-state index contributed by atoms with van der Waals surface area (Å²) >= 11 is 5.69. The SMILES string of the molecule is CCCc1cc(Cl)ncc1C#N. The van der Waals surface area contributed by atoms with Crippen LogP contribution >= 0.6 is 11.6 Å². The van der Waals surface area contributed by atoms with Crippen molar-refractivity contribution in [1.82, 2.24) is 4.98 Å². The molecule has 1 heterocycles. The van der Waals surface area contributed by atoms with Gasteiger partial charge in [0.05, 0.1) is 5.56 Å². The van der Waals surface area contributed by atoms with Crippen LogP contribution in [0.25, 0.3) is 0 Å². The molecular formula is C9H9ClN2. The molecule has 1 aromatic rings. The lowest BCUT2D eigenvalue weighted by Crippen LogP contribution is -1.91. The van der Waals surface area contributed by atoms with Gasteiger partial charge in [-0.15, -0.1) is 0 Å². The van der Waals surface area contributed by atoms with Crippen LogP contribution in [0.5, 0.6) is 0 Å². The maximum atomic E-state index is 8.70. The molecule has 0 radical (unpaired) electrons. The summed E-state index contributed by atoms with van der Waals surface area (Å²) in [6, 6.07) is 3.84. The van der Waals surface area contributed by atoms with E-state index in [1.807, 2.05) is 0 Å². The number of halogens is 1. The van der Waals surface area contributed by atoms with Crippen LogP contribution < -0.4 is 0 Å². The predicted molar refractivity (Wildman–Crippen MR) is 48.0 cm³/mol. The summed E-state index contributed by atoms with van der Waals surface area (Å²) in [6.45, 7) is 2.06. The molecule has 0 spiro atoms. The first kappa shape index (κ1) is 9.02. The van der Waals surface area contributed by atoms with Crippen LogP contribution in [0.1, 0.15) is 24.5 Å². The number of hydrogen-bond acceptors (Lipinski definition) is 2. The standard InChI is InChI=1S/C9H9ClN2/c1-2-3-7-4-9(10)12-6-8(7)5-11/h4,6H,2-3H2,1H3. The quantitative estimate of drug-likeness (QED) is 0.656. The molecule has 0 unspecified atom stereocenters. The van der Waals surface area contributed by atoms with Gasteiger partial charge in [0, 0.05) is 6.20 Å². The summed E-state index contributed by atoms with van der Waals surface area (Å²) in [5, 5.41) is 9.16. The van der Waals surface area contributed by atoms with E-state index in [0.717, 1.165) is 18.4 Å². The third-order valence-corrected chi connectivity index (χ3v) is 1.80. The first-order valence-corrected chi connectivity index (χ1v) is 4.20. The largest absolute Gasteiger partial charge is 0.243 e. The Morgan fingerprint density at radius 1 is 1.67 bits per heavy atom. The lowest BCUT2D eigenvalue weighted by molar-refractivity contribution is 0.914. The fraction of sp³-hybridized carbons (Fsp3) is 0.333. The molecule has 1 rings (SSSR count). The number of pyridine rings is 1. The summed E-state index contributed by atoms with van der Waals surface area (Å²) in [5.41, 5.74) is 1.61. The molecule has 0 aromatic carbocycles. The molecule has 12 heavy (non-hydrogen) atoms. The third-order valence-electron chi connectivity index (χ3n) is 1.60. The molecule has 62 valence electrons. The summed E-state index contributed by atoms with van der Waals surface area (Å²) in [4.78, 5) is 3.84. The molecule has 0 saturated carbocycles. The molecule has 2 nitrogen and oxygen atoms in total. The van der Waals surface area contributed by atoms with Crippen molar-refractivity contribution >= 4 is 11.6 Å². The Hall–Kier alpha value is -1.07. The van der Waals surface area contributed by atoms with Crippen molar-refractivity contribution < 1.29 is 0 Å². The first-order chi connectivity index (χ1) is 5.77. The van der Waals surface area contributed by atoms with Crippen LogP contribution in [0.15, 0.2) is 12.3 Å². The van der Waals surface area contributed by atoms with Gasteiger partial charge < -0.3 is 0 Å². The van der Waals surface area contributed by atoms with Gasteiger partial charge in [-0.3, -0.25) is 0 Å². The number of nitriles is 1. The van der Waals surface area contributed by atoms with Gasteiger partial charge in [0.15, 0.2) is 0 Å². The van der Waals surface area contributed by atoms with E-state index in [1.54, 1.807) is 6.07 Å². The molecule has 1 aromatic heterocycles. The highest BCUT2D eigenvalue weighted by Crippen LogP contribution is 2.13. The number of aromatic nitrogens is 1. The maximum Gasteiger partial charge on any atom is 0.129 e.